The molecule has 0 spiro atoms. The molecule has 1 aliphatic carbocycles. The fourth-order valence-electron chi connectivity index (χ4n) is 5.00. The Morgan fingerprint density at radius 1 is 1.19 bits per heavy atom. The van der Waals surface area contributed by atoms with E-state index in [1.165, 1.54) is 23.6 Å². The van der Waals surface area contributed by atoms with E-state index in [0.29, 0.717) is 55.1 Å². The minimum absolute atomic E-state index is 0.163. The molecule has 1 aromatic carbocycles. The lowest BCUT2D eigenvalue weighted by atomic mass is 9.77. The van der Waals surface area contributed by atoms with Crippen molar-refractivity contribution in [2.75, 3.05) is 20.6 Å². The Morgan fingerprint density at radius 3 is 2.54 bits per heavy atom. The average molecular weight is 550 g/mol. The van der Waals surface area contributed by atoms with E-state index >= 15 is 0 Å². The maximum absolute atomic E-state index is 13.1. The number of aromatic nitrogens is 2. The van der Waals surface area contributed by atoms with Crippen LogP contribution in [0, 0.1) is 5.92 Å². The van der Waals surface area contributed by atoms with Crippen LogP contribution in [0.4, 0.5) is 0 Å². The summed E-state index contributed by atoms with van der Waals surface area (Å²) in [7, 11) is 2.95. The molecule has 3 aliphatic rings. The lowest BCUT2D eigenvalue weighted by molar-refractivity contribution is -0.145. The lowest BCUT2D eigenvalue weighted by Crippen LogP contribution is -2.53. The maximum atomic E-state index is 13.1. The van der Waals surface area contributed by atoms with E-state index < -0.39 is 40.3 Å². The first-order valence-electron chi connectivity index (χ1n) is 12.1. The molecule has 1 aromatic heterocycles. The second-order valence-electron chi connectivity index (χ2n) is 9.84. The van der Waals surface area contributed by atoms with E-state index in [2.05, 4.69) is 15.6 Å². The summed E-state index contributed by atoms with van der Waals surface area (Å²) < 4.78 is 1.33. The van der Waals surface area contributed by atoms with E-state index in [9.17, 15) is 24.3 Å². The largest absolute Gasteiger partial charge is 0.501 e. The third-order valence-electron chi connectivity index (χ3n) is 7.05. The molecule has 198 valence electrons. The number of halogens is 2. The molecule has 2 bridgehead atoms. The molecule has 2 aliphatic heterocycles. The van der Waals surface area contributed by atoms with Crippen LogP contribution in [0.2, 0.25) is 10.0 Å². The SMILES string of the molecule is CN(C)C(=O)C(=O)NC12CCC(CC1)Cn1c2nc(C(=O)NCCCc2ccc(Cl)c(Cl)c2)c(O)c1=O. The molecule has 0 saturated heterocycles. The molecule has 0 atom stereocenters. The number of carbonyl (C=O) groups excluding carboxylic acids is 3. The fourth-order valence-corrected chi connectivity index (χ4v) is 5.32. The van der Waals surface area contributed by atoms with Crippen molar-refractivity contribution in [2.24, 2.45) is 5.92 Å². The summed E-state index contributed by atoms with van der Waals surface area (Å²) in [5.74, 6) is -2.62. The number of amides is 3. The van der Waals surface area contributed by atoms with Crippen LogP contribution in [-0.2, 0) is 28.1 Å². The molecule has 5 rings (SSSR count). The molecule has 12 heteroatoms. The van der Waals surface area contributed by atoms with Gasteiger partial charge in [-0.15, -0.1) is 0 Å². The average Bonchev–Trinajstić information content (AvgIpc) is 3.11. The number of nitrogens with one attached hydrogen (secondary N) is 2. The van der Waals surface area contributed by atoms with Gasteiger partial charge < -0.3 is 20.6 Å². The van der Waals surface area contributed by atoms with Crippen LogP contribution in [-0.4, -0.2) is 57.9 Å². The highest BCUT2D eigenvalue weighted by Gasteiger charge is 2.46. The van der Waals surface area contributed by atoms with Crippen molar-refractivity contribution < 1.29 is 19.5 Å². The summed E-state index contributed by atoms with van der Waals surface area (Å²) in [4.78, 5) is 56.7. The summed E-state index contributed by atoms with van der Waals surface area (Å²) >= 11 is 12.0. The van der Waals surface area contributed by atoms with Crippen molar-refractivity contribution in [1.29, 1.82) is 0 Å². The second-order valence-corrected chi connectivity index (χ2v) is 10.6. The Hall–Kier alpha value is -3.11. The zero-order valence-electron chi connectivity index (χ0n) is 20.6. The van der Waals surface area contributed by atoms with Gasteiger partial charge in [-0.05, 0) is 62.1 Å². The van der Waals surface area contributed by atoms with E-state index in [4.69, 9.17) is 23.2 Å². The number of fused-ring (bicyclic) bond motifs is 2. The number of likely N-dealkylation sites (N-methyl/N-ethyl adjacent to an activating group) is 1. The topological polar surface area (TPSA) is 134 Å². The summed E-state index contributed by atoms with van der Waals surface area (Å²) in [6.45, 7) is 0.583. The van der Waals surface area contributed by atoms with Gasteiger partial charge in [0, 0.05) is 27.2 Å². The Balaban J connectivity index is 1.56. The van der Waals surface area contributed by atoms with Gasteiger partial charge >= 0.3 is 11.8 Å². The lowest BCUT2D eigenvalue weighted by Gasteiger charge is -2.37. The van der Waals surface area contributed by atoms with E-state index in [1.54, 1.807) is 12.1 Å². The summed E-state index contributed by atoms with van der Waals surface area (Å²) in [6, 6.07) is 5.31. The molecule has 37 heavy (non-hydrogen) atoms. The van der Waals surface area contributed by atoms with Crippen molar-refractivity contribution in [2.45, 2.75) is 50.6 Å². The van der Waals surface area contributed by atoms with Gasteiger partial charge in [0.15, 0.2) is 5.69 Å². The van der Waals surface area contributed by atoms with Gasteiger partial charge in [-0.3, -0.25) is 23.7 Å². The zero-order chi connectivity index (χ0) is 26.9. The van der Waals surface area contributed by atoms with Crippen molar-refractivity contribution in [3.8, 4) is 5.75 Å². The molecule has 2 aromatic rings. The quantitative estimate of drug-likeness (QED) is 0.373. The molecule has 0 unspecified atom stereocenters. The van der Waals surface area contributed by atoms with Crippen molar-refractivity contribution in [3.63, 3.8) is 0 Å². The number of hydrogen-bond acceptors (Lipinski definition) is 6. The van der Waals surface area contributed by atoms with Crippen molar-refractivity contribution >= 4 is 40.9 Å². The van der Waals surface area contributed by atoms with Gasteiger partial charge in [-0.1, -0.05) is 29.3 Å². The third-order valence-corrected chi connectivity index (χ3v) is 7.79. The molecule has 0 radical (unpaired) electrons. The maximum Gasteiger partial charge on any atom is 0.311 e. The van der Waals surface area contributed by atoms with Crippen LogP contribution in [0.15, 0.2) is 23.0 Å². The van der Waals surface area contributed by atoms with Crippen LogP contribution >= 0.6 is 23.2 Å². The van der Waals surface area contributed by atoms with Crippen LogP contribution in [0.3, 0.4) is 0 Å². The van der Waals surface area contributed by atoms with Gasteiger partial charge in [0.1, 0.15) is 5.82 Å². The molecule has 3 heterocycles. The van der Waals surface area contributed by atoms with Crippen LogP contribution in [0.1, 0.15) is 54.0 Å². The Bertz CT molecular complexity index is 1300. The number of nitrogens with zero attached hydrogens (tertiary/aromatic N) is 3. The Kier molecular flexibility index (Phi) is 7.80. The molecule has 1 fully saturated rings. The number of benzene rings is 1. The number of hydrogen-bond donors (Lipinski definition) is 3. The first-order valence-corrected chi connectivity index (χ1v) is 12.9. The molecule has 1 saturated carbocycles. The number of carbonyl (C=O) groups is 3. The van der Waals surface area contributed by atoms with Gasteiger partial charge in [-0.25, -0.2) is 4.98 Å². The smallest absolute Gasteiger partial charge is 0.311 e. The van der Waals surface area contributed by atoms with Gasteiger partial charge in [0.05, 0.1) is 15.6 Å². The minimum atomic E-state index is -1.09. The van der Waals surface area contributed by atoms with E-state index in [1.807, 2.05) is 6.07 Å². The molecular weight excluding hydrogens is 521 g/mol. The van der Waals surface area contributed by atoms with Crippen molar-refractivity contribution in [3.05, 3.63) is 55.7 Å². The number of aryl methyl sites for hydroxylation is 1. The van der Waals surface area contributed by atoms with Crippen molar-refractivity contribution in [1.82, 2.24) is 25.1 Å². The summed E-state index contributed by atoms with van der Waals surface area (Å²) in [5.41, 5.74) is -1.28. The molecule has 3 N–H and O–H groups in total. The van der Waals surface area contributed by atoms with Gasteiger partial charge in [0.2, 0.25) is 5.75 Å². The number of aromatic hydroxyl groups is 1. The standard InChI is InChI=1S/C25H29Cl2N5O5/c1-31(2)23(37)21(35)30-25-9-7-15(8-10-25)13-32-22(36)19(33)18(29-24(25)32)20(34)28-11-3-4-14-5-6-16(26)17(27)12-14/h5-6,12,15,33H,3-4,7-11,13H2,1-2H3,(H,28,34)(H,30,35). The predicted octanol–water partition coefficient (Wildman–Crippen LogP) is 2.22. The van der Waals surface area contributed by atoms with Gasteiger partial charge in [0.25, 0.3) is 11.5 Å². The zero-order valence-corrected chi connectivity index (χ0v) is 22.2. The Labute approximate surface area is 224 Å². The van der Waals surface area contributed by atoms with Crippen LogP contribution in [0.5, 0.6) is 5.75 Å². The normalized spacial score (nSPS) is 20.1. The van der Waals surface area contributed by atoms with Crippen LogP contribution < -0.4 is 16.2 Å². The highest BCUT2D eigenvalue weighted by molar-refractivity contribution is 6.42. The van der Waals surface area contributed by atoms with E-state index in [-0.39, 0.29) is 18.3 Å². The Morgan fingerprint density at radius 2 is 1.89 bits per heavy atom. The monoisotopic (exact) mass is 549 g/mol. The number of rotatable bonds is 6. The first kappa shape index (κ1) is 26.9. The fraction of sp³-hybridized carbons (Fsp3) is 0.480. The van der Waals surface area contributed by atoms with E-state index in [0.717, 1.165) is 5.56 Å². The van der Waals surface area contributed by atoms with Gasteiger partial charge in [-0.2, -0.15) is 0 Å². The molecular formula is C25H29Cl2N5O5. The summed E-state index contributed by atoms with van der Waals surface area (Å²) in [5, 5.41) is 17.0. The highest BCUT2D eigenvalue weighted by Crippen LogP contribution is 2.43. The predicted molar refractivity (Wildman–Crippen MR) is 138 cm³/mol. The third kappa shape index (κ3) is 5.45. The molecule has 10 nitrogen and oxygen atoms in total. The highest BCUT2D eigenvalue weighted by atomic mass is 35.5. The minimum Gasteiger partial charge on any atom is -0.501 e. The summed E-state index contributed by atoms with van der Waals surface area (Å²) in [6.07, 6.45) is 3.53. The first-order chi connectivity index (χ1) is 17.5. The van der Waals surface area contributed by atoms with Crippen LogP contribution in [0.25, 0.3) is 0 Å². The molecule has 3 amide bonds. The second kappa shape index (κ2) is 10.7.